The summed E-state index contributed by atoms with van der Waals surface area (Å²) in [7, 11) is -3.38. The van der Waals surface area contributed by atoms with Crippen molar-refractivity contribution < 1.29 is 8.42 Å². The lowest BCUT2D eigenvalue weighted by molar-refractivity contribution is 0.524. The second kappa shape index (κ2) is 4.40. The van der Waals surface area contributed by atoms with Crippen LogP contribution in [0.5, 0.6) is 0 Å². The molecule has 0 amide bonds. The van der Waals surface area contributed by atoms with Crippen LogP contribution in [0.1, 0.15) is 19.3 Å². The van der Waals surface area contributed by atoms with E-state index in [0.717, 1.165) is 19.3 Å². The molecule has 1 atom stereocenters. The third kappa shape index (κ3) is 3.57. The van der Waals surface area contributed by atoms with Gasteiger partial charge in [-0.05, 0) is 19.3 Å². The van der Waals surface area contributed by atoms with Crippen molar-refractivity contribution in [2.24, 2.45) is 0 Å². The summed E-state index contributed by atoms with van der Waals surface area (Å²) >= 11 is 0. The number of rotatable bonds is 3. The summed E-state index contributed by atoms with van der Waals surface area (Å²) in [6.45, 7) is 0. The van der Waals surface area contributed by atoms with E-state index in [1.165, 1.54) is 0 Å². The molecule has 0 aromatic rings. The van der Waals surface area contributed by atoms with E-state index in [-0.39, 0.29) is 6.04 Å². The van der Waals surface area contributed by atoms with Crippen LogP contribution in [-0.4, -0.2) is 20.2 Å². The highest BCUT2D eigenvalue weighted by Crippen LogP contribution is 2.11. The number of allylic oxidation sites excluding steroid dienone is 1. The Morgan fingerprint density at radius 3 is 2.85 bits per heavy atom. The third-order valence-electron chi connectivity index (χ3n) is 1.87. The normalized spacial score (nSPS) is 22.5. The SMILES string of the molecule is N#CCS(=O)(=O)NC1CC=CCC1. The van der Waals surface area contributed by atoms with E-state index in [9.17, 15) is 8.42 Å². The first-order valence-corrected chi connectivity index (χ1v) is 5.81. The smallest absolute Gasteiger partial charge is 0.211 e. The highest BCUT2D eigenvalue weighted by atomic mass is 32.2. The van der Waals surface area contributed by atoms with Crippen molar-refractivity contribution in [3.8, 4) is 6.07 Å². The zero-order chi connectivity index (χ0) is 9.73. The van der Waals surface area contributed by atoms with Gasteiger partial charge in [0.15, 0.2) is 5.75 Å². The summed E-state index contributed by atoms with van der Waals surface area (Å²) in [6.07, 6.45) is 6.45. The molecule has 0 aromatic heterocycles. The number of nitrogens with one attached hydrogen (secondary N) is 1. The van der Waals surface area contributed by atoms with Gasteiger partial charge in [-0.1, -0.05) is 12.2 Å². The monoisotopic (exact) mass is 200 g/mol. The van der Waals surface area contributed by atoms with Gasteiger partial charge in [0.05, 0.1) is 6.07 Å². The van der Waals surface area contributed by atoms with Crippen LogP contribution in [-0.2, 0) is 10.0 Å². The molecule has 1 unspecified atom stereocenters. The highest BCUT2D eigenvalue weighted by molar-refractivity contribution is 7.89. The van der Waals surface area contributed by atoms with E-state index in [1.54, 1.807) is 6.07 Å². The molecular weight excluding hydrogens is 188 g/mol. The first-order valence-electron chi connectivity index (χ1n) is 4.16. The summed E-state index contributed by atoms with van der Waals surface area (Å²) in [5.41, 5.74) is 0. The van der Waals surface area contributed by atoms with E-state index in [1.807, 2.05) is 12.2 Å². The van der Waals surface area contributed by atoms with E-state index in [0.29, 0.717) is 0 Å². The molecule has 0 bridgehead atoms. The third-order valence-corrected chi connectivity index (χ3v) is 3.07. The van der Waals surface area contributed by atoms with Gasteiger partial charge in [0.2, 0.25) is 10.0 Å². The second-order valence-corrected chi connectivity index (χ2v) is 4.77. The van der Waals surface area contributed by atoms with Gasteiger partial charge < -0.3 is 0 Å². The summed E-state index contributed by atoms with van der Waals surface area (Å²) < 4.78 is 24.8. The van der Waals surface area contributed by atoms with E-state index in [2.05, 4.69) is 4.72 Å². The zero-order valence-corrected chi connectivity index (χ0v) is 8.05. The molecule has 5 heteroatoms. The van der Waals surface area contributed by atoms with E-state index in [4.69, 9.17) is 5.26 Å². The molecule has 72 valence electrons. The maximum Gasteiger partial charge on any atom is 0.225 e. The van der Waals surface area contributed by atoms with Gasteiger partial charge in [-0.15, -0.1) is 0 Å². The van der Waals surface area contributed by atoms with Crippen LogP contribution in [0.15, 0.2) is 12.2 Å². The molecule has 0 fully saturated rings. The van der Waals surface area contributed by atoms with Gasteiger partial charge >= 0.3 is 0 Å². The summed E-state index contributed by atoms with van der Waals surface area (Å²) in [4.78, 5) is 0. The van der Waals surface area contributed by atoms with E-state index >= 15 is 0 Å². The van der Waals surface area contributed by atoms with Crippen LogP contribution in [0.4, 0.5) is 0 Å². The Morgan fingerprint density at radius 2 is 2.31 bits per heavy atom. The van der Waals surface area contributed by atoms with Crippen LogP contribution in [0, 0.1) is 11.3 Å². The first kappa shape index (κ1) is 10.2. The van der Waals surface area contributed by atoms with Crippen LogP contribution in [0.25, 0.3) is 0 Å². The van der Waals surface area contributed by atoms with Crippen molar-refractivity contribution in [1.29, 1.82) is 5.26 Å². The van der Waals surface area contributed by atoms with Gasteiger partial charge in [0.1, 0.15) is 0 Å². The predicted molar refractivity (Wildman–Crippen MR) is 49.3 cm³/mol. The number of hydrogen-bond donors (Lipinski definition) is 1. The van der Waals surface area contributed by atoms with Gasteiger partial charge in [-0.25, -0.2) is 13.1 Å². The first-order chi connectivity index (χ1) is 6.14. The molecule has 1 aliphatic rings. The number of nitriles is 1. The van der Waals surface area contributed by atoms with Crippen molar-refractivity contribution in [1.82, 2.24) is 4.72 Å². The maximum absolute atomic E-state index is 11.1. The quantitative estimate of drug-likeness (QED) is 0.676. The molecule has 1 aliphatic carbocycles. The molecule has 1 rings (SSSR count). The van der Waals surface area contributed by atoms with Gasteiger partial charge in [0.25, 0.3) is 0 Å². The Bertz CT molecular complexity index is 327. The Morgan fingerprint density at radius 1 is 1.54 bits per heavy atom. The van der Waals surface area contributed by atoms with Crippen LogP contribution >= 0.6 is 0 Å². The largest absolute Gasteiger partial charge is 0.225 e. The molecule has 4 nitrogen and oxygen atoms in total. The molecule has 0 saturated heterocycles. The number of nitrogens with zero attached hydrogens (tertiary/aromatic N) is 1. The van der Waals surface area contributed by atoms with Gasteiger partial charge in [0, 0.05) is 6.04 Å². The summed E-state index contributed by atoms with van der Waals surface area (Å²) in [5, 5.41) is 8.25. The van der Waals surface area contributed by atoms with Crippen LogP contribution in [0.2, 0.25) is 0 Å². The zero-order valence-electron chi connectivity index (χ0n) is 7.23. The fourth-order valence-electron chi connectivity index (χ4n) is 1.28. The minimum Gasteiger partial charge on any atom is -0.211 e. The fraction of sp³-hybridized carbons (Fsp3) is 0.625. The molecule has 0 aromatic carbocycles. The summed E-state index contributed by atoms with van der Waals surface area (Å²) in [6, 6.07) is 1.60. The van der Waals surface area contributed by atoms with Crippen molar-refractivity contribution in [2.45, 2.75) is 25.3 Å². The average molecular weight is 200 g/mol. The Balaban J connectivity index is 2.49. The Kier molecular flexibility index (Phi) is 3.46. The Labute approximate surface area is 78.3 Å². The van der Waals surface area contributed by atoms with Crippen molar-refractivity contribution >= 4 is 10.0 Å². The number of hydrogen-bond acceptors (Lipinski definition) is 3. The van der Waals surface area contributed by atoms with Crippen molar-refractivity contribution in [3.63, 3.8) is 0 Å². The molecule has 1 N–H and O–H groups in total. The van der Waals surface area contributed by atoms with Crippen LogP contribution < -0.4 is 4.72 Å². The Hall–Kier alpha value is -0.860. The predicted octanol–water partition coefficient (Wildman–Crippen LogP) is 0.538. The van der Waals surface area contributed by atoms with Gasteiger partial charge in [-0.3, -0.25) is 0 Å². The van der Waals surface area contributed by atoms with Crippen LogP contribution in [0.3, 0.4) is 0 Å². The van der Waals surface area contributed by atoms with Crippen molar-refractivity contribution in [2.75, 3.05) is 5.75 Å². The molecule has 0 radical (unpaired) electrons. The molecule has 0 spiro atoms. The maximum atomic E-state index is 11.1. The summed E-state index contributed by atoms with van der Waals surface area (Å²) in [5.74, 6) is -0.451. The molecule has 0 aliphatic heterocycles. The second-order valence-electron chi connectivity index (χ2n) is 3.02. The lowest BCUT2D eigenvalue weighted by Crippen LogP contribution is -2.36. The average Bonchev–Trinajstić information content (AvgIpc) is 2.04. The number of sulfonamides is 1. The van der Waals surface area contributed by atoms with E-state index < -0.39 is 15.8 Å². The van der Waals surface area contributed by atoms with Gasteiger partial charge in [-0.2, -0.15) is 5.26 Å². The molecule has 13 heavy (non-hydrogen) atoms. The standard InChI is InChI=1S/C8H12N2O2S/c9-6-7-13(11,12)10-8-4-2-1-3-5-8/h1-2,8,10H,3-5,7H2. The minimum atomic E-state index is -3.38. The van der Waals surface area contributed by atoms with Crippen molar-refractivity contribution in [3.05, 3.63) is 12.2 Å². The topological polar surface area (TPSA) is 70.0 Å². The molecule has 0 saturated carbocycles. The minimum absolute atomic E-state index is 0.0247. The molecule has 0 heterocycles. The lowest BCUT2D eigenvalue weighted by atomic mass is 10.0. The highest BCUT2D eigenvalue weighted by Gasteiger charge is 2.17. The lowest BCUT2D eigenvalue weighted by Gasteiger charge is -2.18. The molecular formula is C8H12N2O2S. The fourth-order valence-corrected chi connectivity index (χ4v) is 2.26.